The van der Waals surface area contributed by atoms with Crippen molar-refractivity contribution in [2.24, 2.45) is 29.1 Å². The van der Waals surface area contributed by atoms with Gasteiger partial charge >= 0.3 is 5.97 Å². The van der Waals surface area contributed by atoms with Crippen molar-refractivity contribution in [1.29, 1.82) is 0 Å². The van der Waals surface area contributed by atoms with E-state index >= 15 is 0 Å². The fourth-order valence-corrected chi connectivity index (χ4v) is 6.34. The molecule has 5 saturated carbocycles. The summed E-state index contributed by atoms with van der Waals surface area (Å²) in [6.45, 7) is 0.583. The van der Waals surface area contributed by atoms with E-state index in [2.05, 4.69) is 5.32 Å². The Bertz CT molecular complexity index is 460. The standard InChI is InChI=1S/C20H31NO3/c22-18(24-13-14-4-2-1-3-5-14)12-21-19(23)20-9-15-6-16(10-20)8-17(7-15)11-20/h14-17H,1-13H2,(H,21,23). The van der Waals surface area contributed by atoms with Crippen LogP contribution in [0.4, 0.5) is 0 Å². The number of amides is 1. The lowest BCUT2D eigenvalue weighted by Gasteiger charge is -2.55. The quantitative estimate of drug-likeness (QED) is 0.784. The molecule has 134 valence electrons. The predicted molar refractivity (Wildman–Crippen MR) is 91.1 cm³/mol. The monoisotopic (exact) mass is 333 g/mol. The molecule has 0 saturated heterocycles. The number of nitrogens with one attached hydrogen (secondary N) is 1. The molecule has 24 heavy (non-hydrogen) atoms. The average molecular weight is 333 g/mol. The lowest BCUT2D eigenvalue weighted by molar-refractivity contribution is -0.151. The zero-order valence-electron chi connectivity index (χ0n) is 14.7. The van der Waals surface area contributed by atoms with Gasteiger partial charge in [-0.2, -0.15) is 0 Å². The second kappa shape index (κ2) is 6.68. The van der Waals surface area contributed by atoms with Crippen LogP contribution in [0.25, 0.3) is 0 Å². The highest BCUT2D eigenvalue weighted by Gasteiger charge is 2.54. The average Bonchev–Trinajstić information content (AvgIpc) is 2.57. The van der Waals surface area contributed by atoms with Gasteiger partial charge in [-0.15, -0.1) is 0 Å². The number of hydrogen-bond donors (Lipinski definition) is 1. The van der Waals surface area contributed by atoms with E-state index in [1.165, 1.54) is 51.4 Å². The van der Waals surface area contributed by atoms with Gasteiger partial charge in [-0.25, -0.2) is 0 Å². The van der Waals surface area contributed by atoms with Crippen LogP contribution in [0.5, 0.6) is 0 Å². The number of rotatable bonds is 5. The number of ether oxygens (including phenoxy) is 1. The van der Waals surface area contributed by atoms with E-state index in [9.17, 15) is 9.59 Å². The summed E-state index contributed by atoms with van der Waals surface area (Å²) in [6.07, 6.45) is 13.3. The van der Waals surface area contributed by atoms with Gasteiger partial charge in [0.15, 0.2) is 0 Å². The van der Waals surface area contributed by atoms with E-state index in [-0.39, 0.29) is 23.8 Å². The number of carbonyl (C=O) groups is 2. The minimum atomic E-state index is -0.265. The van der Waals surface area contributed by atoms with Crippen molar-refractivity contribution in [3.05, 3.63) is 0 Å². The summed E-state index contributed by atoms with van der Waals surface area (Å²) in [5.74, 6) is 2.64. The number of carbonyl (C=O) groups excluding carboxylic acids is 2. The Morgan fingerprint density at radius 1 is 0.917 bits per heavy atom. The van der Waals surface area contributed by atoms with E-state index in [0.717, 1.165) is 37.0 Å². The lowest BCUT2D eigenvalue weighted by atomic mass is 9.49. The first-order valence-electron chi connectivity index (χ1n) is 10.1. The summed E-state index contributed by atoms with van der Waals surface area (Å²) >= 11 is 0. The molecule has 4 nitrogen and oxygen atoms in total. The molecule has 4 bridgehead atoms. The molecule has 0 aromatic rings. The maximum Gasteiger partial charge on any atom is 0.325 e. The fraction of sp³-hybridized carbons (Fsp3) is 0.900. The molecular weight excluding hydrogens is 302 g/mol. The van der Waals surface area contributed by atoms with Gasteiger partial charge in [0.1, 0.15) is 6.54 Å². The Morgan fingerprint density at radius 3 is 2.08 bits per heavy atom. The predicted octanol–water partition coefficient (Wildman–Crippen LogP) is 3.44. The number of hydrogen-bond acceptors (Lipinski definition) is 3. The smallest absolute Gasteiger partial charge is 0.325 e. The molecule has 0 spiro atoms. The van der Waals surface area contributed by atoms with Crippen molar-refractivity contribution >= 4 is 11.9 Å². The Labute approximate surface area is 145 Å². The van der Waals surface area contributed by atoms with Crippen LogP contribution in [0.1, 0.15) is 70.6 Å². The van der Waals surface area contributed by atoms with E-state index in [1.807, 2.05) is 0 Å². The normalized spacial score (nSPS) is 38.1. The maximum absolute atomic E-state index is 12.8. The lowest BCUT2D eigenvalue weighted by Crippen LogP contribution is -2.54. The number of esters is 1. The molecule has 0 aromatic heterocycles. The Morgan fingerprint density at radius 2 is 1.50 bits per heavy atom. The van der Waals surface area contributed by atoms with E-state index < -0.39 is 0 Å². The molecule has 5 rings (SSSR count). The summed E-state index contributed by atoms with van der Waals surface area (Å²) < 4.78 is 5.40. The molecule has 0 atom stereocenters. The van der Waals surface area contributed by atoms with Crippen LogP contribution in [0.2, 0.25) is 0 Å². The van der Waals surface area contributed by atoms with Crippen LogP contribution in [-0.2, 0) is 14.3 Å². The van der Waals surface area contributed by atoms with Crippen molar-refractivity contribution in [3.63, 3.8) is 0 Å². The minimum absolute atomic E-state index is 0.0489. The van der Waals surface area contributed by atoms with Crippen LogP contribution >= 0.6 is 0 Å². The SMILES string of the molecule is O=C(CNC(=O)C12CC3CC(CC(C3)C1)C2)OCC1CCCCC1. The molecule has 0 radical (unpaired) electrons. The van der Waals surface area contributed by atoms with E-state index in [1.54, 1.807) is 0 Å². The van der Waals surface area contributed by atoms with Crippen molar-refractivity contribution in [2.75, 3.05) is 13.2 Å². The van der Waals surface area contributed by atoms with Gasteiger partial charge in [-0.1, -0.05) is 19.3 Å². The summed E-state index contributed by atoms with van der Waals surface area (Å²) in [5, 5.41) is 2.91. The first-order chi connectivity index (χ1) is 11.6. The highest BCUT2D eigenvalue weighted by molar-refractivity contribution is 5.86. The van der Waals surface area contributed by atoms with Gasteiger partial charge in [0.2, 0.25) is 5.91 Å². The van der Waals surface area contributed by atoms with Crippen molar-refractivity contribution in [3.8, 4) is 0 Å². The summed E-state index contributed by atoms with van der Waals surface area (Å²) in [4.78, 5) is 24.8. The largest absolute Gasteiger partial charge is 0.464 e. The maximum atomic E-state index is 12.8. The Balaban J connectivity index is 1.24. The molecule has 0 aliphatic heterocycles. The van der Waals surface area contributed by atoms with Crippen LogP contribution < -0.4 is 5.32 Å². The van der Waals surface area contributed by atoms with Crippen molar-refractivity contribution < 1.29 is 14.3 Å². The molecule has 0 unspecified atom stereocenters. The van der Waals surface area contributed by atoms with Gasteiger partial charge in [0, 0.05) is 5.41 Å². The van der Waals surface area contributed by atoms with E-state index in [0.29, 0.717) is 12.5 Å². The van der Waals surface area contributed by atoms with Gasteiger partial charge in [0.05, 0.1) is 6.61 Å². The van der Waals surface area contributed by atoms with Crippen LogP contribution in [0.3, 0.4) is 0 Å². The van der Waals surface area contributed by atoms with Gasteiger partial charge in [0.25, 0.3) is 0 Å². The zero-order valence-corrected chi connectivity index (χ0v) is 14.7. The first kappa shape index (κ1) is 16.4. The van der Waals surface area contributed by atoms with Gasteiger partial charge < -0.3 is 10.1 Å². The fourth-order valence-electron chi connectivity index (χ4n) is 6.34. The highest BCUT2D eigenvalue weighted by atomic mass is 16.5. The van der Waals surface area contributed by atoms with Crippen LogP contribution in [-0.4, -0.2) is 25.0 Å². The molecule has 0 aromatic carbocycles. The molecule has 5 fully saturated rings. The second-order valence-electron chi connectivity index (χ2n) is 9.07. The van der Waals surface area contributed by atoms with E-state index in [4.69, 9.17) is 4.74 Å². The molecule has 1 amide bonds. The second-order valence-corrected chi connectivity index (χ2v) is 9.07. The third kappa shape index (κ3) is 3.34. The molecular formula is C20H31NO3. The first-order valence-corrected chi connectivity index (χ1v) is 10.1. The third-order valence-electron chi connectivity index (χ3n) is 7.12. The third-order valence-corrected chi connectivity index (χ3v) is 7.12. The van der Waals surface area contributed by atoms with Crippen LogP contribution in [0, 0.1) is 29.1 Å². The molecule has 5 aliphatic rings. The minimum Gasteiger partial charge on any atom is -0.464 e. The Kier molecular flexibility index (Phi) is 4.57. The Hall–Kier alpha value is -1.06. The summed E-state index contributed by atoms with van der Waals surface area (Å²) in [6, 6.07) is 0. The summed E-state index contributed by atoms with van der Waals surface area (Å²) in [7, 11) is 0. The summed E-state index contributed by atoms with van der Waals surface area (Å²) in [5.41, 5.74) is -0.168. The molecule has 1 N–H and O–H groups in total. The molecule has 0 heterocycles. The van der Waals surface area contributed by atoms with Crippen molar-refractivity contribution in [1.82, 2.24) is 5.32 Å². The highest BCUT2D eigenvalue weighted by Crippen LogP contribution is 2.60. The molecule has 4 heteroatoms. The zero-order chi connectivity index (χ0) is 16.6. The van der Waals surface area contributed by atoms with Crippen molar-refractivity contribution in [2.45, 2.75) is 70.6 Å². The van der Waals surface area contributed by atoms with Gasteiger partial charge in [-0.05, 0) is 75.0 Å². The molecule has 5 aliphatic carbocycles. The van der Waals surface area contributed by atoms with Crippen LogP contribution in [0.15, 0.2) is 0 Å². The van der Waals surface area contributed by atoms with Gasteiger partial charge in [-0.3, -0.25) is 9.59 Å². The topological polar surface area (TPSA) is 55.4 Å².